The van der Waals surface area contributed by atoms with Crippen molar-refractivity contribution < 1.29 is 69.4 Å². The second-order valence-electron chi connectivity index (χ2n) is 40.9. The van der Waals surface area contributed by atoms with Crippen LogP contribution in [0.5, 0.6) is 0 Å². The predicted molar refractivity (Wildman–Crippen MR) is 390 cm³/mol. The molecule has 16 unspecified atom stereocenters. The topological polar surface area (TPSA) is 233 Å². The van der Waals surface area contributed by atoms with Crippen LogP contribution in [0.2, 0.25) is 0 Å². The molecule has 0 aromatic heterocycles. The molecule has 8 N–H and O–H groups in total. The van der Waals surface area contributed by atoms with E-state index in [2.05, 4.69) is 95.2 Å². The lowest BCUT2D eigenvalue weighted by Gasteiger charge is -2.63. The van der Waals surface area contributed by atoms with Gasteiger partial charge in [0.25, 0.3) is 0 Å². The van der Waals surface area contributed by atoms with Crippen molar-refractivity contribution in [1.29, 1.82) is 0 Å². The van der Waals surface area contributed by atoms with Gasteiger partial charge in [0.15, 0.2) is 11.6 Å². The summed E-state index contributed by atoms with van der Waals surface area (Å²) in [6, 6.07) is 0. The van der Waals surface area contributed by atoms with E-state index in [1.807, 2.05) is 13.8 Å². The molecule has 2 aliphatic heterocycles. The number of allylic oxidation sites excluding steroid dienone is 4. The van der Waals surface area contributed by atoms with E-state index in [4.69, 9.17) is 18.9 Å². The van der Waals surface area contributed by atoms with E-state index in [-0.39, 0.29) is 124 Å². The molecule has 18 aliphatic rings. The van der Waals surface area contributed by atoms with Crippen LogP contribution in [-0.2, 0) is 28.5 Å². The number of aliphatic hydroxyl groups excluding tert-OH is 8. The minimum atomic E-state index is -0.769. The lowest BCUT2D eigenvalue weighted by molar-refractivity contribution is -0.219. The van der Waals surface area contributed by atoms with Gasteiger partial charge in [-0.3, -0.25) is 9.59 Å². The lowest BCUT2D eigenvalue weighted by Crippen LogP contribution is -2.64. The van der Waals surface area contributed by atoms with Crippen molar-refractivity contribution in [2.75, 3.05) is 0 Å². The first-order valence-electron chi connectivity index (χ1n) is 41.5. The summed E-state index contributed by atoms with van der Waals surface area (Å²) in [7, 11) is 0. The Balaban J connectivity index is 0.000000114. The Morgan fingerprint density at radius 1 is 0.297 bits per heavy atom. The van der Waals surface area contributed by atoms with Gasteiger partial charge in [-0.15, -0.1) is 0 Å². The molecular weight excluding hydrogens is 1270 g/mol. The molecule has 0 amide bonds. The molecule has 14 heteroatoms. The summed E-state index contributed by atoms with van der Waals surface area (Å²) in [6.45, 7) is 31.4. The van der Waals surface area contributed by atoms with Gasteiger partial charge in [0.1, 0.15) is 11.6 Å². The van der Waals surface area contributed by atoms with Crippen molar-refractivity contribution in [3.8, 4) is 0 Å². The number of fused-ring (bicyclic) bond motifs is 26. The Bertz CT molecular complexity index is 3160. The Labute approximate surface area is 608 Å². The third-order valence-corrected chi connectivity index (χ3v) is 36.3. The number of hydrogen-bond acceptors (Lipinski definition) is 14. The molecule has 36 atom stereocenters. The number of carbonyl (C=O) groups excluding carboxylic acids is 2. The van der Waals surface area contributed by atoms with Crippen molar-refractivity contribution in [1.82, 2.24) is 0 Å². The summed E-state index contributed by atoms with van der Waals surface area (Å²) in [5, 5.41) is 84.8. The van der Waals surface area contributed by atoms with Crippen LogP contribution in [-0.4, -0.2) is 137 Å². The summed E-state index contributed by atoms with van der Waals surface area (Å²) < 4.78 is 26.2. The van der Waals surface area contributed by atoms with Crippen molar-refractivity contribution in [2.24, 2.45) is 138 Å². The largest absolute Gasteiger partial charge is 0.393 e. The number of carbonyl (C=O) groups is 2. The van der Waals surface area contributed by atoms with Gasteiger partial charge in [-0.1, -0.05) is 86.1 Å². The molecule has 0 radical (unpaired) electrons. The van der Waals surface area contributed by atoms with Crippen LogP contribution in [0.25, 0.3) is 0 Å². The Morgan fingerprint density at radius 2 is 0.564 bits per heavy atom. The fourth-order valence-electron chi connectivity index (χ4n) is 31.0. The molecule has 0 spiro atoms. The maximum absolute atomic E-state index is 12.7. The number of aliphatic hydroxyl groups is 8. The molecule has 18 rings (SSSR count). The third kappa shape index (κ3) is 11.4. The zero-order valence-corrected chi connectivity index (χ0v) is 64.1. The average Bonchev–Trinajstić information content (AvgIpc) is 1.66. The predicted octanol–water partition coefficient (Wildman–Crippen LogP) is 14.6. The van der Waals surface area contributed by atoms with Crippen LogP contribution >= 0.6 is 0 Å². The number of hydrogen-bond donors (Lipinski definition) is 8. The standard InChI is InChI=1S/C24H38O3.C22H34O4.C21H34O3.C19H30O4.CH4/c1-6-14-7-8-16-19-17(10-12-23(14,16)4)24(5)11-9-15(25)13-18(24)20-21(19)27-22(2,3)26-20;1-20(2)25-18-15-11-12(23)7-9-21(15,3)14-8-10-22(4)13(5-6-16(22)24)17(14)19(18)26-20;1-4-12-5-6-14-17-15(8-10-20(12,14)2)21(3)9-7-13(22)11-16(21)18(23)19(17)24;1-18-7-5-10(20)9-13(18)16(22)17(23)15-11-3-4-14(21)19(11,2)8-6-12(15)18;/h6,15-21,25H,7-13H2,1-5H3;12-15,17-19,23H,5-11H2,1-4H3;4,13-19,22-24H,5-11H2,1-3H3;10-13,15-17,20,22-23H,3-9H2,1-2H3;1H4/b14-6-;;12-4-;;/t15-,16?,17?,18?,19?,20+,21+,23+,24+;12-,13?,14?,15?,17?,18+,19+,21+,22-;13-,14?,15?,16?,17?,18+,19+,20+,21+;10-,11?,12?,13?,15?,16+,17+,18+,19-;/m0000./s1. The molecule has 2 heterocycles. The Kier molecular flexibility index (Phi) is 19.8. The lowest BCUT2D eigenvalue weighted by atomic mass is 9.43. The second kappa shape index (κ2) is 26.3. The van der Waals surface area contributed by atoms with E-state index >= 15 is 0 Å². The van der Waals surface area contributed by atoms with Gasteiger partial charge in [-0.2, -0.15) is 0 Å². The summed E-state index contributed by atoms with van der Waals surface area (Å²) in [4.78, 5) is 25.1. The molecule has 0 aromatic carbocycles. The van der Waals surface area contributed by atoms with Gasteiger partial charge in [0.05, 0.1) is 73.2 Å². The molecule has 16 saturated carbocycles. The number of rotatable bonds is 0. The van der Waals surface area contributed by atoms with E-state index in [9.17, 15) is 50.4 Å². The maximum Gasteiger partial charge on any atom is 0.163 e. The van der Waals surface area contributed by atoms with Gasteiger partial charge in [0.2, 0.25) is 0 Å². The van der Waals surface area contributed by atoms with Crippen LogP contribution in [0, 0.1) is 138 Å². The van der Waals surface area contributed by atoms with Crippen molar-refractivity contribution in [3.63, 3.8) is 0 Å². The fraction of sp³-hybridized carbons (Fsp3) is 0.931. The molecule has 2 saturated heterocycles. The first-order chi connectivity index (χ1) is 47.0. The normalized spacial score (nSPS) is 57.8. The third-order valence-electron chi connectivity index (χ3n) is 36.3. The van der Waals surface area contributed by atoms with Crippen molar-refractivity contribution >= 4 is 11.6 Å². The van der Waals surface area contributed by atoms with E-state index in [1.165, 1.54) is 32.1 Å². The number of ether oxygens (including phenoxy) is 4. The monoisotopic (exact) mass is 1410 g/mol. The first kappa shape index (κ1) is 76.1. The summed E-state index contributed by atoms with van der Waals surface area (Å²) >= 11 is 0. The smallest absolute Gasteiger partial charge is 0.163 e. The average molecular weight is 1410 g/mol. The number of ketones is 2. The minimum absolute atomic E-state index is 0. The van der Waals surface area contributed by atoms with Crippen molar-refractivity contribution in [3.05, 3.63) is 23.3 Å². The molecule has 0 bridgehead atoms. The van der Waals surface area contributed by atoms with E-state index in [1.54, 1.807) is 11.1 Å². The Hall–Kier alpha value is -1.66. The van der Waals surface area contributed by atoms with E-state index in [0.717, 1.165) is 134 Å². The van der Waals surface area contributed by atoms with Crippen LogP contribution in [0.1, 0.15) is 284 Å². The Morgan fingerprint density at radius 3 is 0.911 bits per heavy atom. The van der Waals surface area contributed by atoms with Gasteiger partial charge < -0.3 is 59.8 Å². The van der Waals surface area contributed by atoms with Gasteiger partial charge in [-0.25, -0.2) is 0 Å². The maximum atomic E-state index is 12.7. The van der Waals surface area contributed by atoms with E-state index < -0.39 is 36.0 Å². The second-order valence-corrected chi connectivity index (χ2v) is 40.9. The summed E-state index contributed by atoms with van der Waals surface area (Å²) in [5.74, 6) is 5.86. The quantitative estimate of drug-likeness (QED) is 0.105. The molecule has 14 nitrogen and oxygen atoms in total. The van der Waals surface area contributed by atoms with Crippen LogP contribution < -0.4 is 0 Å². The first-order valence-corrected chi connectivity index (χ1v) is 41.5. The highest BCUT2D eigenvalue weighted by molar-refractivity contribution is 5.87. The fourth-order valence-corrected chi connectivity index (χ4v) is 31.0. The summed E-state index contributed by atoms with van der Waals surface area (Å²) in [5.41, 5.74) is 3.92. The van der Waals surface area contributed by atoms with Gasteiger partial charge in [-0.05, 0) is 336 Å². The highest BCUT2D eigenvalue weighted by Gasteiger charge is 2.72. The highest BCUT2D eigenvalue weighted by atomic mass is 16.8. The van der Waals surface area contributed by atoms with Gasteiger partial charge >= 0.3 is 0 Å². The van der Waals surface area contributed by atoms with Gasteiger partial charge in [0, 0.05) is 23.7 Å². The SMILES string of the molecule is C.C/C=C1/CCC2C3C(CC[C@]12C)[C@@]1(C)CC[C@H](O)CC1[C@@H](O)[C@@H]3O.C/C=C1/CCC2C3C(CC[C@]12C)[C@@]1(C)CC[C@H](O)CC1[C@H]1OC(C)(C)O[C@H]31.CC1(C)O[C@@H]2C3C(CC[C@]4(C)C(=O)CCC34)[C@@]3(C)CC[C@H](O)CC3[C@H]2O1.C[C@]12CC[C@H](O)CC1[C@@H](O)[C@H](O)C1C2CC[C@]2(C)C(=O)CCC12. The van der Waals surface area contributed by atoms with E-state index in [0.29, 0.717) is 95.4 Å². The minimum Gasteiger partial charge on any atom is -0.393 e. The zero-order valence-electron chi connectivity index (χ0n) is 64.1. The molecule has 572 valence electrons. The zero-order chi connectivity index (χ0) is 71.5. The molecule has 18 fully saturated rings. The molecule has 16 aliphatic carbocycles. The highest BCUT2D eigenvalue weighted by Crippen LogP contribution is 2.73. The molecule has 0 aromatic rings. The van der Waals surface area contributed by atoms with Crippen LogP contribution in [0.15, 0.2) is 23.3 Å². The molecular formula is C87H140O14. The molecule has 101 heavy (non-hydrogen) atoms. The summed E-state index contributed by atoms with van der Waals surface area (Å²) in [6.07, 6.45) is 29.1. The van der Waals surface area contributed by atoms with Crippen LogP contribution in [0.3, 0.4) is 0 Å². The number of Topliss-reactive ketones (excluding diaryl/α,β-unsaturated/α-hetero) is 2. The van der Waals surface area contributed by atoms with Crippen LogP contribution in [0.4, 0.5) is 0 Å². The van der Waals surface area contributed by atoms with Crippen molar-refractivity contribution in [2.45, 2.75) is 369 Å².